The van der Waals surface area contributed by atoms with Crippen molar-refractivity contribution in [3.8, 4) is 0 Å². The van der Waals surface area contributed by atoms with Crippen LogP contribution in [0.1, 0.15) is 16.1 Å². The van der Waals surface area contributed by atoms with E-state index in [9.17, 15) is 4.79 Å². The lowest BCUT2D eigenvalue weighted by atomic mass is 10.3. The van der Waals surface area contributed by atoms with Crippen LogP contribution in [0, 0.1) is 6.92 Å². The number of hydrogen-bond acceptors (Lipinski definition) is 5. The molecule has 6 heteroatoms. The van der Waals surface area contributed by atoms with Gasteiger partial charge in [0.05, 0.1) is 12.4 Å². The smallest absolute Gasteiger partial charge is 0.277 e. The van der Waals surface area contributed by atoms with Crippen LogP contribution in [0.4, 0.5) is 11.6 Å². The van der Waals surface area contributed by atoms with Gasteiger partial charge < -0.3 is 10.6 Å². The summed E-state index contributed by atoms with van der Waals surface area (Å²) >= 11 is 0. The Kier molecular flexibility index (Phi) is 3.47. The third kappa shape index (κ3) is 2.79. The summed E-state index contributed by atoms with van der Waals surface area (Å²) in [6.07, 6.45) is 4.64. The quantitative estimate of drug-likeness (QED) is 0.853. The van der Waals surface area contributed by atoms with Crippen molar-refractivity contribution in [3.05, 3.63) is 42.0 Å². The van der Waals surface area contributed by atoms with E-state index in [1.807, 2.05) is 13.0 Å². The molecule has 0 unspecified atom stereocenters. The van der Waals surface area contributed by atoms with Crippen molar-refractivity contribution in [1.29, 1.82) is 0 Å². The molecule has 6 nitrogen and oxygen atoms in total. The number of amides is 1. The van der Waals surface area contributed by atoms with Crippen LogP contribution in [0.15, 0.2) is 30.7 Å². The van der Waals surface area contributed by atoms with E-state index in [1.165, 1.54) is 6.20 Å². The van der Waals surface area contributed by atoms with Gasteiger partial charge in [-0.05, 0) is 18.6 Å². The highest BCUT2D eigenvalue weighted by atomic mass is 16.1. The highest BCUT2D eigenvalue weighted by Gasteiger charge is 2.09. The molecule has 0 atom stereocenters. The molecule has 0 aliphatic carbocycles. The SMILES string of the molecule is CNc1cncc(C(=O)Nc2ccc(C)cn2)n1. The summed E-state index contributed by atoms with van der Waals surface area (Å²) in [6.45, 7) is 1.93. The Balaban J connectivity index is 2.14. The van der Waals surface area contributed by atoms with Gasteiger partial charge in [0, 0.05) is 13.2 Å². The molecule has 18 heavy (non-hydrogen) atoms. The number of anilines is 2. The molecule has 2 N–H and O–H groups in total. The average molecular weight is 243 g/mol. The van der Waals surface area contributed by atoms with Crippen LogP contribution in [0.5, 0.6) is 0 Å². The molecule has 0 fully saturated rings. The van der Waals surface area contributed by atoms with Crippen LogP contribution >= 0.6 is 0 Å². The van der Waals surface area contributed by atoms with Gasteiger partial charge in [-0.3, -0.25) is 9.78 Å². The molecule has 0 saturated heterocycles. The molecular formula is C12H13N5O. The van der Waals surface area contributed by atoms with Gasteiger partial charge in [0.2, 0.25) is 0 Å². The van der Waals surface area contributed by atoms with Crippen LogP contribution in [-0.4, -0.2) is 27.9 Å². The largest absolute Gasteiger partial charge is 0.372 e. The Labute approximate surface area is 105 Å². The molecule has 2 rings (SSSR count). The number of pyridine rings is 1. The van der Waals surface area contributed by atoms with Gasteiger partial charge in [0.15, 0.2) is 0 Å². The van der Waals surface area contributed by atoms with Gasteiger partial charge in [0.25, 0.3) is 5.91 Å². The predicted molar refractivity (Wildman–Crippen MR) is 68.5 cm³/mol. The highest BCUT2D eigenvalue weighted by Crippen LogP contribution is 2.07. The number of nitrogens with one attached hydrogen (secondary N) is 2. The number of aryl methyl sites for hydroxylation is 1. The molecule has 0 aromatic carbocycles. The topological polar surface area (TPSA) is 79.8 Å². The summed E-state index contributed by atoms with van der Waals surface area (Å²) in [5.74, 6) is 0.692. The fourth-order valence-electron chi connectivity index (χ4n) is 1.32. The zero-order valence-corrected chi connectivity index (χ0v) is 10.1. The number of hydrogen-bond donors (Lipinski definition) is 2. The Morgan fingerprint density at radius 3 is 2.67 bits per heavy atom. The zero-order valence-electron chi connectivity index (χ0n) is 10.1. The van der Waals surface area contributed by atoms with E-state index in [0.717, 1.165) is 5.56 Å². The summed E-state index contributed by atoms with van der Waals surface area (Å²) < 4.78 is 0. The van der Waals surface area contributed by atoms with Crippen LogP contribution in [0.3, 0.4) is 0 Å². The van der Waals surface area contributed by atoms with Gasteiger partial charge >= 0.3 is 0 Å². The fraction of sp³-hybridized carbons (Fsp3) is 0.167. The Bertz CT molecular complexity index is 553. The summed E-state index contributed by atoms with van der Waals surface area (Å²) in [7, 11) is 1.72. The predicted octanol–water partition coefficient (Wildman–Crippen LogP) is 1.47. The maximum absolute atomic E-state index is 11.9. The van der Waals surface area contributed by atoms with Crippen LogP contribution in [-0.2, 0) is 0 Å². The second-order valence-corrected chi connectivity index (χ2v) is 3.71. The molecular weight excluding hydrogens is 230 g/mol. The Morgan fingerprint density at radius 2 is 2.00 bits per heavy atom. The van der Waals surface area contributed by atoms with Crippen molar-refractivity contribution in [1.82, 2.24) is 15.0 Å². The van der Waals surface area contributed by atoms with Crippen LogP contribution in [0.2, 0.25) is 0 Å². The molecule has 1 amide bonds. The number of nitrogens with zero attached hydrogens (tertiary/aromatic N) is 3. The number of carbonyl (C=O) groups is 1. The molecule has 0 radical (unpaired) electrons. The van der Waals surface area contributed by atoms with Gasteiger partial charge in [-0.1, -0.05) is 6.07 Å². The summed E-state index contributed by atoms with van der Waals surface area (Å²) in [5.41, 5.74) is 1.27. The summed E-state index contributed by atoms with van der Waals surface area (Å²) in [4.78, 5) is 24.0. The van der Waals surface area contributed by atoms with Crippen molar-refractivity contribution in [2.24, 2.45) is 0 Å². The van der Waals surface area contributed by atoms with Gasteiger partial charge in [-0.2, -0.15) is 0 Å². The van der Waals surface area contributed by atoms with E-state index in [2.05, 4.69) is 25.6 Å². The molecule has 0 saturated carbocycles. The molecule has 2 heterocycles. The molecule has 2 aromatic rings. The van der Waals surface area contributed by atoms with Gasteiger partial charge in [-0.15, -0.1) is 0 Å². The van der Waals surface area contributed by atoms with Crippen LogP contribution < -0.4 is 10.6 Å². The van der Waals surface area contributed by atoms with Gasteiger partial charge in [-0.25, -0.2) is 9.97 Å². The Morgan fingerprint density at radius 1 is 1.17 bits per heavy atom. The first-order chi connectivity index (χ1) is 8.69. The monoisotopic (exact) mass is 243 g/mol. The van der Waals surface area contributed by atoms with E-state index in [-0.39, 0.29) is 11.6 Å². The lowest BCUT2D eigenvalue weighted by molar-refractivity contribution is 0.102. The first kappa shape index (κ1) is 12.0. The maximum atomic E-state index is 11.9. The van der Waals surface area contributed by atoms with Crippen molar-refractivity contribution < 1.29 is 4.79 Å². The summed E-state index contributed by atoms with van der Waals surface area (Å²) in [6, 6.07) is 3.61. The molecule has 0 aliphatic heterocycles. The third-order valence-corrected chi connectivity index (χ3v) is 2.28. The minimum Gasteiger partial charge on any atom is -0.372 e. The second kappa shape index (κ2) is 5.22. The normalized spacial score (nSPS) is 9.89. The van der Waals surface area contributed by atoms with Crippen LogP contribution in [0.25, 0.3) is 0 Å². The molecule has 0 bridgehead atoms. The van der Waals surface area contributed by atoms with E-state index in [1.54, 1.807) is 25.5 Å². The fourth-order valence-corrected chi connectivity index (χ4v) is 1.32. The minimum absolute atomic E-state index is 0.240. The lowest BCUT2D eigenvalue weighted by Crippen LogP contribution is -2.15. The van der Waals surface area contributed by atoms with E-state index >= 15 is 0 Å². The second-order valence-electron chi connectivity index (χ2n) is 3.71. The number of carbonyl (C=O) groups excluding carboxylic acids is 1. The van der Waals surface area contributed by atoms with Crippen molar-refractivity contribution in [3.63, 3.8) is 0 Å². The van der Waals surface area contributed by atoms with Crippen molar-refractivity contribution in [2.75, 3.05) is 17.7 Å². The summed E-state index contributed by atoms with van der Waals surface area (Å²) in [5, 5.41) is 5.48. The lowest BCUT2D eigenvalue weighted by Gasteiger charge is -2.05. The molecule has 0 spiro atoms. The molecule has 92 valence electrons. The van der Waals surface area contributed by atoms with E-state index in [0.29, 0.717) is 11.6 Å². The first-order valence-corrected chi connectivity index (χ1v) is 5.43. The van der Waals surface area contributed by atoms with Gasteiger partial charge in [0.1, 0.15) is 17.3 Å². The molecule has 2 aromatic heterocycles. The standard InChI is InChI=1S/C12H13N5O/c1-8-3-4-10(15-5-8)17-12(18)9-6-14-7-11(13-2)16-9/h3-7H,1-2H3,(H,13,16)(H,15,17,18). The third-order valence-electron chi connectivity index (χ3n) is 2.28. The average Bonchev–Trinajstić information content (AvgIpc) is 2.41. The zero-order chi connectivity index (χ0) is 13.0. The first-order valence-electron chi connectivity index (χ1n) is 5.43. The van der Waals surface area contributed by atoms with E-state index in [4.69, 9.17) is 0 Å². The number of rotatable bonds is 3. The maximum Gasteiger partial charge on any atom is 0.277 e. The van der Waals surface area contributed by atoms with Crippen molar-refractivity contribution >= 4 is 17.5 Å². The number of aromatic nitrogens is 3. The highest BCUT2D eigenvalue weighted by molar-refractivity contribution is 6.02. The van der Waals surface area contributed by atoms with E-state index < -0.39 is 0 Å². The molecule has 0 aliphatic rings. The minimum atomic E-state index is -0.337. The van der Waals surface area contributed by atoms with Crippen molar-refractivity contribution in [2.45, 2.75) is 6.92 Å². The Hall–Kier alpha value is -2.50.